The Balaban J connectivity index is 3.22. The number of Topliss-reactive ketones (excluding diaryl/α,β-unsaturated/α-hetero) is 1. The van der Waals surface area contributed by atoms with E-state index in [1.165, 1.54) is 25.1 Å². The monoisotopic (exact) mass is 232 g/mol. The molecule has 1 aromatic rings. The summed E-state index contributed by atoms with van der Waals surface area (Å²) in [5.41, 5.74) is 0.459. The van der Waals surface area contributed by atoms with Crippen molar-refractivity contribution in [1.29, 1.82) is 0 Å². The first-order chi connectivity index (χ1) is 6.50. The summed E-state index contributed by atoms with van der Waals surface area (Å²) in [5, 5.41) is 0.432. The largest absolute Gasteiger partial charge is 0.300 e. The first-order valence-corrected chi connectivity index (χ1v) is 5.48. The molecule has 0 aliphatic carbocycles. The van der Waals surface area contributed by atoms with E-state index in [1.54, 1.807) is 0 Å². The molecule has 0 radical (unpaired) electrons. The van der Waals surface area contributed by atoms with Gasteiger partial charge in [0.2, 0.25) is 0 Å². The first-order valence-electron chi connectivity index (χ1n) is 3.93. The predicted octanol–water partition coefficient (Wildman–Crippen LogP) is 1.44. The summed E-state index contributed by atoms with van der Waals surface area (Å²) in [7, 11) is -2.67. The molecule has 14 heavy (non-hydrogen) atoms. The number of benzene rings is 1. The van der Waals surface area contributed by atoms with Gasteiger partial charge in [-0.2, -0.15) is 0 Å². The second kappa shape index (κ2) is 4.57. The second-order valence-electron chi connectivity index (χ2n) is 2.91. The molecule has 0 aliphatic rings. The number of thiol groups is 1. The quantitative estimate of drug-likeness (QED) is 0.803. The number of rotatable bonds is 3. The van der Waals surface area contributed by atoms with E-state index < -0.39 is 10.7 Å². The zero-order valence-electron chi connectivity index (χ0n) is 7.49. The number of halogens is 1. The van der Waals surface area contributed by atoms with Crippen molar-refractivity contribution in [3.8, 4) is 0 Å². The highest BCUT2D eigenvalue weighted by Crippen LogP contribution is 2.17. The van der Waals surface area contributed by atoms with E-state index in [-0.39, 0.29) is 17.1 Å². The Bertz CT molecular complexity index is 430. The molecule has 1 aromatic carbocycles. The molecule has 3 nitrogen and oxygen atoms in total. The van der Waals surface area contributed by atoms with Crippen LogP contribution >= 0.6 is 11.6 Å². The molecule has 0 saturated heterocycles. The summed E-state index contributed by atoms with van der Waals surface area (Å²) >= 11 is 5.70. The number of carbonyl (C=O) groups excluding carboxylic acids is 1. The van der Waals surface area contributed by atoms with E-state index in [1.807, 2.05) is 0 Å². The maximum absolute atomic E-state index is 10.9. The Morgan fingerprint density at radius 1 is 1.43 bits per heavy atom. The lowest BCUT2D eigenvalue weighted by Crippen LogP contribution is -2.00. The fourth-order valence-corrected chi connectivity index (χ4v) is 1.91. The van der Waals surface area contributed by atoms with Crippen molar-refractivity contribution in [2.75, 3.05) is 0 Å². The Hall–Kier alpha value is -0.870. The van der Waals surface area contributed by atoms with Crippen LogP contribution in [0.2, 0.25) is 5.02 Å². The van der Waals surface area contributed by atoms with Crippen molar-refractivity contribution in [2.24, 2.45) is 0 Å². The first kappa shape index (κ1) is 11.2. The van der Waals surface area contributed by atoms with E-state index >= 15 is 0 Å². The lowest BCUT2D eigenvalue weighted by molar-refractivity contribution is -0.116. The molecule has 0 saturated carbocycles. The van der Waals surface area contributed by atoms with Gasteiger partial charge >= 0.3 is 0 Å². The van der Waals surface area contributed by atoms with E-state index in [2.05, 4.69) is 0 Å². The van der Waals surface area contributed by atoms with Gasteiger partial charge < -0.3 is 0 Å². The van der Waals surface area contributed by atoms with Gasteiger partial charge in [-0.05, 0) is 30.7 Å². The topological polar surface area (TPSA) is 51.2 Å². The van der Waals surface area contributed by atoms with Gasteiger partial charge in [-0.1, -0.05) is 11.6 Å². The summed E-state index contributed by atoms with van der Waals surface area (Å²) in [5.74, 6) is -0.0923. The van der Waals surface area contributed by atoms with Crippen molar-refractivity contribution in [2.45, 2.75) is 18.2 Å². The highest BCUT2D eigenvalue weighted by Gasteiger charge is 2.07. The molecule has 0 aromatic heterocycles. The van der Waals surface area contributed by atoms with Crippen LogP contribution in [0.3, 0.4) is 0 Å². The minimum Gasteiger partial charge on any atom is -0.300 e. The van der Waals surface area contributed by atoms with Crippen LogP contribution in [0, 0.1) is 0 Å². The van der Waals surface area contributed by atoms with Crippen LogP contribution in [0.4, 0.5) is 0 Å². The third-order valence-electron chi connectivity index (χ3n) is 1.68. The molecule has 1 rings (SSSR count). The Morgan fingerprint density at radius 3 is 2.57 bits per heavy atom. The van der Waals surface area contributed by atoms with E-state index in [0.717, 1.165) is 0 Å². The van der Waals surface area contributed by atoms with Gasteiger partial charge in [0.15, 0.2) is 10.7 Å². The molecule has 0 fully saturated rings. The Labute approximate surface area is 88.6 Å². The number of hydrogen-bond donors (Lipinski definition) is 1. The van der Waals surface area contributed by atoms with Crippen LogP contribution in [0.1, 0.15) is 12.5 Å². The lowest BCUT2D eigenvalue weighted by Gasteiger charge is -2.02. The van der Waals surface area contributed by atoms with E-state index in [4.69, 9.17) is 11.6 Å². The van der Waals surface area contributed by atoms with Crippen molar-refractivity contribution >= 4 is 28.1 Å². The van der Waals surface area contributed by atoms with Gasteiger partial charge in [0.1, 0.15) is 5.78 Å². The number of hydrogen-bond acceptors (Lipinski definition) is 3. The molecular weight excluding hydrogens is 224 g/mol. The van der Waals surface area contributed by atoms with Gasteiger partial charge in [0.05, 0.1) is 4.90 Å². The van der Waals surface area contributed by atoms with Crippen molar-refractivity contribution in [3.05, 3.63) is 28.8 Å². The third kappa shape index (κ3) is 2.82. The maximum Gasteiger partial charge on any atom is 0.168 e. The highest BCUT2D eigenvalue weighted by atomic mass is 35.5. The van der Waals surface area contributed by atoms with Gasteiger partial charge in [-0.25, -0.2) is 8.42 Å². The van der Waals surface area contributed by atoms with Crippen LogP contribution in [0.15, 0.2) is 23.1 Å². The minimum absolute atomic E-state index is 0.0923. The zero-order chi connectivity index (χ0) is 10.7. The molecule has 0 amide bonds. The Kier molecular flexibility index (Phi) is 3.66. The van der Waals surface area contributed by atoms with E-state index in [9.17, 15) is 13.2 Å². The summed E-state index contributed by atoms with van der Waals surface area (Å²) < 4.78 is 21.6. The van der Waals surface area contributed by atoms with Crippen LogP contribution < -0.4 is 0 Å². The average Bonchev–Trinajstić information content (AvgIpc) is 2.01. The number of ketones is 1. The fraction of sp³-hybridized carbons (Fsp3) is 0.222. The van der Waals surface area contributed by atoms with Crippen molar-refractivity contribution in [1.82, 2.24) is 0 Å². The zero-order valence-corrected chi connectivity index (χ0v) is 9.14. The smallest absolute Gasteiger partial charge is 0.168 e. The van der Waals surface area contributed by atoms with Gasteiger partial charge in [0, 0.05) is 11.4 Å². The standard InChI is InChI=1S/C9H9ClO3S/c1-6(11)4-7-5-8(10)2-3-9(7)14(12)13/h2-3,5,14H,4H2,1H3. The molecule has 0 bridgehead atoms. The molecule has 0 unspecified atom stereocenters. The SMILES string of the molecule is CC(=O)Cc1cc(Cl)ccc1[SH](=O)=O. The van der Waals surface area contributed by atoms with Gasteiger partial charge in [-0.15, -0.1) is 0 Å². The molecule has 0 heterocycles. The number of carbonyl (C=O) groups is 1. The molecule has 0 N–H and O–H groups in total. The van der Waals surface area contributed by atoms with Gasteiger partial charge in [-0.3, -0.25) is 4.79 Å². The molecule has 0 spiro atoms. The maximum atomic E-state index is 10.9. The van der Waals surface area contributed by atoms with Crippen LogP contribution in [0.25, 0.3) is 0 Å². The van der Waals surface area contributed by atoms with Crippen molar-refractivity contribution < 1.29 is 13.2 Å². The highest BCUT2D eigenvalue weighted by molar-refractivity contribution is 7.72. The summed E-state index contributed by atoms with van der Waals surface area (Å²) in [6.45, 7) is 1.41. The summed E-state index contributed by atoms with van der Waals surface area (Å²) in [6.07, 6.45) is 0.0964. The molecule has 76 valence electrons. The minimum atomic E-state index is -2.67. The van der Waals surface area contributed by atoms with Crippen LogP contribution in [-0.2, 0) is 21.9 Å². The summed E-state index contributed by atoms with van der Waals surface area (Å²) in [4.78, 5) is 11.0. The predicted molar refractivity (Wildman–Crippen MR) is 54.4 cm³/mol. The normalized spacial score (nSPS) is 10.5. The molecule has 5 heteroatoms. The Morgan fingerprint density at radius 2 is 2.07 bits per heavy atom. The van der Waals surface area contributed by atoms with Crippen molar-refractivity contribution in [3.63, 3.8) is 0 Å². The molecule has 0 atom stereocenters. The van der Waals surface area contributed by atoms with Gasteiger partial charge in [0.25, 0.3) is 0 Å². The van der Waals surface area contributed by atoms with E-state index in [0.29, 0.717) is 10.6 Å². The van der Waals surface area contributed by atoms with Crippen LogP contribution in [-0.4, -0.2) is 14.2 Å². The lowest BCUT2D eigenvalue weighted by atomic mass is 10.1. The molecule has 0 aliphatic heterocycles. The average molecular weight is 233 g/mol. The summed E-state index contributed by atoms with van der Waals surface area (Å²) in [6, 6.07) is 4.40. The fourth-order valence-electron chi connectivity index (χ4n) is 1.14. The van der Waals surface area contributed by atoms with Crippen LogP contribution in [0.5, 0.6) is 0 Å². The molecular formula is C9H9ClO3S. The third-order valence-corrected chi connectivity index (χ3v) is 2.74. The second-order valence-corrected chi connectivity index (χ2v) is 4.34.